The predicted molar refractivity (Wildman–Crippen MR) is 88.4 cm³/mol. The Balaban J connectivity index is 1.51. The van der Waals surface area contributed by atoms with Gasteiger partial charge in [-0.15, -0.1) is 0 Å². The van der Waals surface area contributed by atoms with Crippen LogP contribution in [0.1, 0.15) is 22.5 Å². The van der Waals surface area contributed by atoms with Gasteiger partial charge in [-0.3, -0.25) is 9.78 Å². The molecule has 1 N–H and O–H groups in total. The summed E-state index contributed by atoms with van der Waals surface area (Å²) in [4.78, 5) is 16.4. The summed E-state index contributed by atoms with van der Waals surface area (Å²) in [5.41, 5.74) is 2.18. The third-order valence-corrected chi connectivity index (χ3v) is 3.56. The van der Waals surface area contributed by atoms with E-state index >= 15 is 0 Å². The molecule has 0 saturated carbocycles. The lowest BCUT2D eigenvalue weighted by molar-refractivity contribution is 0.0953. The summed E-state index contributed by atoms with van der Waals surface area (Å²) in [6.45, 7) is 0.567. The lowest BCUT2D eigenvalue weighted by atomic mass is 10.2. The molecule has 2 aromatic heterocycles. The SMILES string of the molecule is O=C(NCCCc1ccccn1)c1cnn(-c2ccc(F)cc2)c1. The van der Waals surface area contributed by atoms with Gasteiger partial charge in [0.25, 0.3) is 5.91 Å². The maximum Gasteiger partial charge on any atom is 0.254 e. The van der Waals surface area contributed by atoms with E-state index in [0.717, 1.165) is 18.5 Å². The zero-order valence-corrected chi connectivity index (χ0v) is 13.0. The Morgan fingerprint density at radius 3 is 2.75 bits per heavy atom. The van der Waals surface area contributed by atoms with E-state index in [1.54, 1.807) is 29.2 Å². The van der Waals surface area contributed by atoms with Crippen molar-refractivity contribution < 1.29 is 9.18 Å². The predicted octanol–water partition coefficient (Wildman–Crippen LogP) is 2.77. The molecule has 0 radical (unpaired) electrons. The topological polar surface area (TPSA) is 59.8 Å². The second-order valence-corrected chi connectivity index (χ2v) is 5.33. The highest BCUT2D eigenvalue weighted by molar-refractivity contribution is 5.93. The Labute approximate surface area is 139 Å². The van der Waals surface area contributed by atoms with E-state index in [-0.39, 0.29) is 11.7 Å². The molecule has 2 heterocycles. The normalized spacial score (nSPS) is 10.5. The number of nitrogens with zero attached hydrogens (tertiary/aromatic N) is 3. The maximum absolute atomic E-state index is 12.9. The maximum atomic E-state index is 12.9. The monoisotopic (exact) mass is 324 g/mol. The number of aromatic nitrogens is 3. The fourth-order valence-electron chi connectivity index (χ4n) is 2.29. The first-order valence-electron chi connectivity index (χ1n) is 7.71. The number of rotatable bonds is 6. The van der Waals surface area contributed by atoms with Crippen LogP contribution in [-0.2, 0) is 6.42 Å². The van der Waals surface area contributed by atoms with Crippen molar-refractivity contribution in [3.63, 3.8) is 0 Å². The van der Waals surface area contributed by atoms with Crippen LogP contribution in [0.3, 0.4) is 0 Å². The molecule has 1 aromatic carbocycles. The minimum Gasteiger partial charge on any atom is -0.352 e. The average Bonchev–Trinajstić information content (AvgIpc) is 3.10. The Bertz CT molecular complexity index is 799. The first-order chi connectivity index (χ1) is 11.7. The van der Waals surface area contributed by atoms with Gasteiger partial charge in [-0.25, -0.2) is 9.07 Å². The van der Waals surface area contributed by atoms with Crippen LogP contribution in [0.4, 0.5) is 4.39 Å². The van der Waals surface area contributed by atoms with Crippen LogP contribution in [0.5, 0.6) is 0 Å². The number of halogens is 1. The summed E-state index contributed by atoms with van der Waals surface area (Å²) in [6.07, 6.45) is 6.52. The number of benzene rings is 1. The highest BCUT2D eigenvalue weighted by Crippen LogP contribution is 2.09. The molecule has 24 heavy (non-hydrogen) atoms. The van der Waals surface area contributed by atoms with Crippen LogP contribution in [0.15, 0.2) is 61.1 Å². The van der Waals surface area contributed by atoms with Gasteiger partial charge >= 0.3 is 0 Å². The van der Waals surface area contributed by atoms with Gasteiger partial charge in [-0.1, -0.05) is 6.07 Å². The van der Waals surface area contributed by atoms with Gasteiger partial charge in [0.2, 0.25) is 0 Å². The molecule has 3 rings (SSSR count). The van der Waals surface area contributed by atoms with Gasteiger partial charge in [-0.2, -0.15) is 5.10 Å². The molecular formula is C18H17FN4O. The quantitative estimate of drug-likeness (QED) is 0.709. The molecule has 0 aliphatic rings. The van der Waals surface area contributed by atoms with Crippen molar-refractivity contribution in [1.29, 1.82) is 0 Å². The van der Waals surface area contributed by atoms with E-state index in [4.69, 9.17) is 0 Å². The van der Waals surface area contributed by atoms with E-state index in [1.807, 2.05) is 18.2 Å². The molecular weight excluding hydrogens is 307 g/mol. The molecule has 0 atom stereocenters. The second-order valence-electron chi connectivity index (χ2n) is 5.33. The van der Waals surface area contributed by atoms with Crippen LogP contribution in [0, 0.1) is 5.82 Å². The van der Waals surface area contributed by atoms with Crippen LogP contribution in [0.25, 0.3) is 5.69 Å². The first kappa shape index (κ1) is 15.9. The third-order valence-electron chi connectivity index (χ3n) is 3.56. The summed E-state index contributed by atoms with van der Waals surface area (Å²) in [7, 11) is 0. The van der Waals surface area contributed by atoms with Crippen molar-refractivity contribution in [2.24, 2.45) is 0 Å². The molecule has 5 nitrogen and oxygen atoms in total. The molecule has 0 fully saturated rings. The number of amides is 1. The van der Waals surface area contributed by atoms with E-state index in [2.05, 4.69) is 15.4 Å². The zero-order valence-electron chi connectivity index (χ0n) is 13.0. The average molecular weight is 324 g/mol. The van der Waals surface area contributed by atoms with E-state index in [1.165, 1.54) is 18.3 Å². The molecule has 0 saturated heterocycles. The minimum atomic E-state index is -0.309. The van der Waals surface area contributed by atoms with Gasteiger partial charge in [0.15, 0.2) is 0 Å². The Morgan fingerprint density at radius 1 is 1.17 bits per heavy atom. The van der Waals surface area contributed by atoms with E-state index < -0.39 is 0 Å². The molecule has 3 aromatic rings. The highest BCUT2D eigenvalue weighted by Gasteiger charge is 2.09. The van der Waals surface area contributed by atoms with Crippen LogP contribution in [-0.4, -0.2) is 27.2 Å². The lowest BCUT2D eigenvalue weighted by Gasteiger charge is -2.03. The minimum absolute atomic E-state index is 0.176. The number of carbonyl (C=O) groups is 1. The molecule has 0 unspecified atom stereocenters. The summed E-state index contributed by atoms with van der Waals surface area (Å²) in [5, 5.41) is 7.00. The standard InChI is InChI=1S/C18H17FN4O/c19-15-6-8-17(9-7-15)23-13-14(12-22-23)18(24)21-11-3-5-16-4-1-2-10-20-16/h1-2,4,6-10,12-13H,3,5,11H2,(H,21,24). The molecule has 0 aliphatic carbocycles. The number of pyridine rings is 1. The van der Waals surface area contributed by atoms with Crippen LogP contribution in [0.2, 0.25) is 0 Å². The molecule has 1 amide bonds. The summed E-state index contributed by atoms with van der Waals surface area (Å²) in [6, 6.07) is 11.7. The number of hydrogen-bond donors (Lipinski definition) is 1. The van der Waals surface area contributed by atoms with Crippen molar-refractivity contribution in [3.8, 4) is 5.69 Å². The molecule has 122 valence electrons. The first-order valence-corrected chi connectivity index (χ1v) is 7.71. The second kappa shape index (κ2) is 7.50. The van der Waals surface area contributed by atoms with Crippen molar-refractivity contribution in [2.75, 3.05) is 6.54 Å². The zero-order chi connectivity index (χ0) is 16.8. The van der Waals surface area contributed by atoms with Gasteiger partial charge in [0, 0.05) is 24.6 Å². The Morgan fingerprint density at radius 2 is 2.00 bits per heavy atom. The van der Waals surface area contributed by atoms with Crippen molar-refractivity contribution >= 4 is 5.91 Å². The van der Waals surface area contributed by atoms with Gasteiger partial charge in [-0.05, 0) is 49.2 Å². The Hall–Kier alpha value is -3.02. The molecule has 0 spiro atoms. The third kappa shape index (κ3) is 4.04. The van der Waals surface area contributed by atoms with Crippen LogP contribution >= 0.6 is 0 Å². The molecule has 6 heteroatoms. The molecule has 0 aliphatic heterocycles. The summed E-state index contributed by atoms with van der Waals surface area (Å²) in [5.74, 6) is -0.485. The van der Waals surface area contributed by atoms with Crippen molar-refractivity contribution in [1.82, 2.24) is 20.1 Å². The van der Waals surface area contributed by atoms with Gasteiger partial charge in [0.1, 0.15) is 5.82 Å². The summed E-state index contributed by atoms with van der Waals surface area (Å²) >= 11 is 0. The van der Waals surface area contributed by atoms with Gasteiger partial charge in [0.05, 0.1) is 17.4 Å². The largest absolute Gasteiger partial charge is 0.352 e. The fraction of sp³-hybridized carbons (Fsp3) is 0.167. The van der Waals surface area contributed by atoms with Crippen LogP contribution < -0.4 is 5.32 Å². The van der Waals surface area contributed by atoms with Gasteiger partial charge < -0.3 is 5.32 Å². The van der Waals surface area contributed by atoms with E-state index in [9.17, 15) is 9.18 Å². The number of nitrogens with one attached hydrogen (secondary N) is 1. The van der Waals surface area contributed by atoms with E-state index in [0.29, 0.717) is 17.8 Å². The fourth-order valence-corrected chi connectivity index (χ4v) is 2.29. The highest BCUT2D eigenvalue weighted by atomic mass is 19.1. The summed E-state index contributed by atoms with van der Waals surface area (Å²) < 4.78 is 14.5. The van der Waals surface area contributed by atoms with Crippen molar-refractivity contribution in [2.45, 2.75) is 12.8 Å². The number of aryl methyl sites for hydroxylation is 1. The number of carbonyl (C=O) groups excluding carboxylic acids is 1. The smallest absolute Gasteiger partial charge is 0.254 e. The van der Waals surface area contributed by atoms with Crippen molar-refractivity contribution in [3.05, 3.63) is 78.1 Å². The number of hydrogen-bond acceptors (Lipinski definition) is 3. The molecule has 0 bridgehead atoms. The lowest BCUT2D eigenvalue weighted by Crippen LogP contribution is -2.24. The Kier molecular flexibility index (Phi) is 4.96.